The van der Waals surface area contributed by atoms with Gasteiger partial charge in [-0.05, 0) is 25.1 Å². The quantitative estimate of drug-likeness (QED) is 0.795. The molecule has 2 rings (SSSR count). The van der Waals surface area contributed by atoms with Gasteiger partial charge in [-0.15, -0.1) is 0 Å². The molecule has 2 aromatic rings. The van der Waals surface area contributed by atoms with Crippen LogP contribution in [0.1, 0.15) is 18.5 Å². The van der Waals surface area contributed by atoms with E-state index in [4.69, 9.17) is 19.9 Å². The molecular weight excluding hydrogens is 266 g/mol. The Morgan fingerprint density at radius 1 is 0.857 bits per heavy atom. The maximum Gasteiger partial charge on any atom is 0.161 e. The second kappa shape index (κ2) is 7.55. The van der Waals surface area contributed by atoms with Crippen LogP contribution in [0.4, 0.5) is 0 Å². The lowest BCUT2D eigenvalue weighted by molar-refractivity contribution is 0.210. The van der Waals surface area contributed by atoms with Crippen molar-refractivity contribution >= 4 is 0 Å². The van der Waals surface area contributed by atoms with Crippen molar-refractivity contribution in [3.05, 3.63) is 54.1 Å². The van der Waals surface area contributed by atoms with Crippen molar-refractivity contribution in [3.8, 4) is 17.2 Å². The van der Waals surface area contributed by atoms with Gasteiger partial charge in [-0.1, -0.05) is 30.3 Å². The number of benzene rings is 2. The second-order valence-electron chi connectivity index (χ2n) is 4.67. The number of para-hydroxylation sites is 3. The summed E-state index contributed by atoms with van der Waals surface area (Å²) < 4.78 is 16.6. The maximum atomic E-state index is 5.92. The highest BCUT2D eigenvalue weighted by molar-refractivity contribution is 5.39. The topological polar surface area (TPSA) is 53.7 Å². The Labute approximate surface area is 125 Å². The van der Waals surface area contributed by atoms with E-state index in [1.165, 1.54) is 0 Å². The first-order chi connectivity index (χ1) is 10.2. The SMILES string of the molecule is COc1ccccc1OCCOc1ccccc1C(C)N. The van der Waals surface area contributed by atoms with Gasteiger partial charge in [0.25, 0.3) is 0 Å². The summed E-state index contributed by atoms with van der Waals surface area (Å²) >= 11 is 0. The van der Waals surface area contributed by atoms with Crippen molar-refractivity contribution in [2.24, 2.45) is 5.73 Å². The van der Waals surface area contributed by atoms with E-state index < -0.39 is 0 Å². The maximum absolute atomic E-state index is 5.92. The third-order valence-electron chi connectivity index (χ3n) is 3.08. The standard InChI is InChI=1S/C17H21NO3/c1-13(18)14-7-3-4-8-15(14)20-11-12-21-17-10-6-5-9-16(17)19-2/h3-10,13H,11-12,18H2,1-2H3. The van der Waals surface area contributed by atoms with Crippen LogP contribution in [0, 0.1) is 0 Å². The van der Waals surface area contributed by atoms with Crippen LogP contribution in [0.25, 0.3) is 0 Å². The van der Waals surface area contributed by atoms with Crippen molar-refractivity contribution in [2.75, 3.05) is 20.3 Å². The van der Waals surface area contributed by atoms with Gasteiger partial charge in [-0.25, -0.2) is 0 Å². The third-order valence-corrected chi connectivity index (χ3v) is 3.08. The lowest BCUT2D eigenvalue weighted by atomic mass is 10.1. The monoisotopic (exact) mass is 287 g/mol. The van der Waals surface area contributed by atoms with Gasteiger partial charge < -0.3 is 19.9 Å². The van der Waals surface area contributed by atoms with Crippen molar-refractivity contribution < 1.29 is 14.2 Å². The Morgan fingerprint density at radius 3 is 2.00 bits per heavy atom. The third kappa shape index (κ3) is 4.13. The molecule has 21 heavy (non-hydrogen) atoms. The Morgan fingerprint density at radius 2 is 1.38 bits per heavy atom. The van der Waals surface area contributed by atoms with Gasteiger partial charge in [0.05, 0.1) is 7.11 Å². The van der Waals surface area contributed by atoms with Crippen LogP contribution in [0.2, 0.25) is 0 Å². The summed E-state index contributed by atoms with van der Waals surface area (Å²) in [6.45, 7) is 2.82. The van der Waals surface area contributed by atoms with E-state index in [-0.39, 0.29) is 6.04 Å². The average Bonchev–Trinajstić information content (AvgIpc) is 2.52. The van der Waals surface area contributed by atoms with E-state index in [1.54, 1.807) is 7.11 Å². The highest BCUT2D eigenvalue weighted by atomic mass is 16.5. The summed E-state index contributed by atoms with van der Waals surface area (Å²) in [5.41, 5.74) is 6.92. The summed E-state index contributed by atoms with van der Waals surface area (Å²) in [5.74, 6) is 2.23. The average molecular weight is 287 g/mol. The molecule has 0 saturated carbocycles. The minimum Gasteiger partial charge on any atom is -0.493 e. The normalized spacial score (nSPS) is 11.8. The first-order valence-electron chi connectivity index (χ1n) is 6.95. The van der Waals surface area contributed by atoms with E-state index >= 15 is 0 Å². The van der Waals surface area contributed by atoms with Gasteiger partial charge in [-0.3, -0.25) is 0 Å². The van der Waals surface area contributed by atoms with E-state index in [0.717, 1.165) is 11.3 Å². The van der Waals surface area contributed by atoms with Crippen molar-refractivity contribution in [1.29, 1.82) is 0 Å². The van der Waals surface area contributed by atoms with E-state index in [2.05, 4.69) is 0 Å². The van der Waals surface area contributed by atoms with E-state index in [0.29, 0.717) is 24.7 Å². The van der Waals surface area contributed by atoms with Crippen LogP contribution in [-0.4, -0.2) is 20.3 Å². The molecule has 0 saturated heterocycles. The Kier molecular flexibility index (Phi) is 5.46. The summed E-state index contributed by atoms with van der Waals surface area (Å²) in [6.07, 6.45) is 0. The predicted octanol–water partition coefficient (Wildman–Crippen LogP) is 3.17. The Balaban J connectivity index is 1.88. The zero-order valence-corrected chi connectivity index (χ0v) is 12.4. The molecule has 0 fully saturated rings. The van der Waals surface area contributed by atoms with Gasteiger partial charge in [-0.2, -0.15) is 0 Å². The predicted molar refractivity (Wildman–Crippen MR) is 83.0 cm³/mol. The lowest BCUT2D eigenvalue weighted by Gasteiger charge is -2.14. The zero-order chi connectivity index (χ0) is 15.1. The largest absolute Gasteiger partial charge is 0.493 e. The van der Waals surface area contributed by atoms with Crippen LogP contribution < -0.4 is 19.9 Å². The molecule has 112 valence electrons. The molecule has 0 aliphatic heterocycles. The fraction of sp³-hybridized carbons (Fsp3) is 0.294. The summed E-state index contributed by atoms with van der Waals surface area (Å²) in [6, 6.07) is 15.3. The molecule has 4 heteroatoms. The molecule has 4 nitrogen and oxygen atoms in total. The number of methoxy groups -OCH3 is 1. The minimum atomic E-state index is -0.0589. The molecule has 0 aliphatic carbocycles. The van der Waals surface area contributed by atoms with Crippen LogP contribution >= 0.6 is 0 Å². The number of ether oxygens (including phenoxy) is 3. The first-order valence-corrected chi connectivity index (χ1v) is 6.95. The summed E-state index contributed by atoms with van der Waals surface area (Å²) in [5, 5.41) is 0. The number of nitrogens with two attached hydrogens (primary N) is 1. The summed E-state index contributed by atoms with van der Waals surface area (Å²) in [7, 11) is 1.62. The molecule has 0 amide bonds. The van der Waals surface area contributed by atoms with E-state index in [1.807, 2.05) is 55.5 Å². The van der Waals surface area contributed by atoms with Gasteiger partial charge in [0.15, 0.2) is 11.5 Å². The van der Waals surface area contributed by atoms with Crippen LogP contribution in [0.5, 0.6) is 17.2 Å². The zero-order valence-electron chi connectivity index (χ0n) is 12.4. The van der Waals surface area contributed by atoms with Crippen LogP contribution in [0.3, 0.4) is 0 Å². The van der Waals surface area contributed by atoms with Crippen LogP contribution in [-0.2, 0) is 0 Å². The number of rotatable bonds is 7. The fourth-order valence-electron chi connectivity index (χ4n) is 2.03. The second-order valence-corrected chi connectivity index (χ2v) is 4.67. The minimum absolute atomic E-state index is 0.0589. The van der Waals surface area contributed by atoms with Crippen molar-refractivity contribution in [2.45, 2.75) is 13.0 Å². The van der Waals surface area contributed by atoms with E-state index in [9.17, 15) is 0 Å². The van der Waals surface area contributed by atoms with Gasteiger partial charge in [0.2, 0.25) is 0 Å². The van der Waals surface area contributed by atoms with Gasteiger partial charge >= 0.3 is 0 Å². The summed E-state index contributed by atoms with van der Waals surface area (Å²) in [4.78, 5) is 0. The molecule has 0 bridgehead atoms. The Hall–Kier alpha value is -2.20. The fourth-order valence-corrected chi connectivity index (χ4v) is 2.03. The molecule has 0 spiro atoms. The molecule has 0 aromatic heterocycles. The first kappa shape index (κ1) is 15.2. The molecule has 1 unspecified atom stereocenters. The molecule has 0 radical (unpaired) electrons. The molecule has 0 aliphatic rings. The molecule has 2 aromatic carbocycles. The number of hydrogen-bond acceptors (Lipinski definition) is 4. The smallest absolute Gasteiger partial charge is 0.161 e. The molecule has 1 atom stereocenters. The van der Waals surface area contributed by atoms with Gasteiger partial charge in [0, 0.05) is 11.6 Å². The number of hydrogen-bond donors (Lipinski definition) is 1. The van der Waals surface area contributed by atoms with Crippen LogP contribution in [0.15, 0.2) is 48.5 Å². The van der Waals surface area contributed by atoms with Crippen molar-refractivity contribution in [3.63, 3.8) is 0 Å². The highest BCUT2D eigenvalue weighted by Crippen LogP contribution is 2.26. The lowest BCUT2D eigenvalue weighted by Crippen LogP contribution is -2.12. The molecule has 2 N–H and O–H groups in total. The molecule has 0 heterocycles. The van der Waals surface area contributed by atoms with Gasteiger partial charge in [0.1, 0.15) is 19.0 Å². The van der Waals surface area contributed by atoms with Crippen molar-refractivity contribution in [1.82, 2.24) is 0 Å². The highest BCUT2D eigenvalue weighted by Gasteiger charge is 2.07. The molecular formula is C17H21NO3. The Bertz CT molecular complexity index is 569.